The molecule has 0 aliphatic heterocycles. The number of aromatic nitrogens is 2. The summed E-state index contributed by atoms with van der Waals surface area (Å²) in [6.07, 6.45) is 0. The Labute approximate surface area is 124 Å². The molecular formula is C14H7BrF2N2O2. The Morgan fingerprint density at radius 3 is 2.14 bits per heavy atom. The van der Waals surface area contributed by atoms with E-state index in [1.165, 1.54) is 6.07 Å². The van der Waals surface area contributed by atoms with Gasteiger partial charge in [-0.15, -0.1) is 0 Å². The first kappa shape index (κ1) is 13.7. The number of nitrogens with one attached hydrogen (secondary N) is 2. The van der Waals surface area contributed by atoms with Gasteiger partial charge in [0, 0.05) is 21.7 Å². The van der Waals surface area contributed by atoms with E-state index in [4.69, 9.17) is 0 Å². The minimum absolute atomic E-state index is 0.106. The maximum absolute atomic E-state index is 13.2. The van der Waals surface area contributed by atoms with E-state index in [2.05, 4.69) is 25.9 Å². The van der Waals surface area contributed by atoms with Crippen LogP contribution in [0.5, 0.6) is 0 Å². The molecule has 0 aliphatic rings. The van der Waals surface area contributed by atoms with Crippen LogP contribution in [0.15, 0.2) is 39.6 Å². The standard InChI is InChI=1S/C14H7BrF2N2O2/c15-10-5-12-11(18-14(21)19-12)4-9(10)13(20)6-1-7(16)3-8(17)2-6/h1-5H,(H2,18,19,21). The summed E-state index contributed by atoms with van der Waals surface area (Å²) < 4.78 is 26.8. The van der Waals surface area contributed by atoms with Crippen molar-refractivity contribution in [2.75, 3.05) is 0 Å². The predicted molar refractivity (Wildman–Crippen MR) is 76.4 cm³/mol. The van der Waals surface area contributed by atoms with E-state index in [-0.39, 0.29) is 11.1 Å². The van der Waals surface area contributed by atoms with Crippen LogP contribution in [-0.4, -0.2) is 15.8 Å². The quantitative estimate of drug-likeness (QED) is 0.696. The molecule has 4 nitrogen and oxygen atoms in total. The number of rotatable bonds is 2. The largest absolute Gasteiger partial charge is 0.323 e. The van der Waals surface area contributed by atoms with Crippen LogP contribution in [0, 0.1) is 11.6 Å². The number of carbonyl (C=O) groups excluding carboxylic acids is 1. The Bertz CT molecular complexity index is 910. The molecule has 0 amide bonds. The third-order valence-corrected chi connectivity index (χ3v) is 3.63. The topological polar surface area (TPSA) is 65.7 Å². The summed E-state index contributed by atoms with van der Waals surface area (Å²) in [6, 6.07) is 5.61. The van der Waals surface area contributed by atoms with Crippen molar-refractivity contribution < 1.29 is 13.6 Å². The number of hydrogen-bond acceptors (Lipinski definition) is 2. The number of halogens is 3. The number of ketones is 1. The minimum atomic E-state index is -0.828. The van der Waals surface area contributed by atoms with E-state index < -0.39 is 23.1 Å². The Kier molecular flexibility index (Phi) is 3.21. The van der Waals surface area contributed by atoms with Crippen molar-refractivity contribution >= 4 is 32.7 Å². The summed E-state index contributed by atoms with van der Waals surface area (Å²) in [5, 5.41) is 0. The summed E-state index contributed by atoms with van der Waals surface area (Å²) in [6.45, 7) is 0. The first-order valence-electron chi connectivity index (χ1n) is 5.86. The molecule has 3 rings (SSSR count). The summed E-state index contributed by atoms with van der Waals surface area (Å²) in [4.78, 5) is 28.7. The lowest BCUT2D eigenvalue weighted by atomic mass is 10.0. The predicted octanol–water partition coefficient (Wildman–Crippen LogP) is 3.13. The zero-order valence-corrected chi connectivity index (χ0v) is 11.9. The fraction of sp³-hybridized carbons (Fsp3) is 0. The van der Waals surface area contributed by atoms with Crippen LogP contribution in [0.25, 0.3) is 11.0 Å². The van der Waals surface area contributed by atoms with Crippen LogP contribution in [0.2, 0.25) is 0 Å². The van der Waals surface area contributed by atoms with Crippen molar-refractivity contribution in [2.45, 2.75) is 0 Å². The van der Waals surface area contributed by atoms with Gasteiger partial charge in [-0.2, -0.15) is 0 Å². The highest BCUT2D eigenvalue weighted by molar-refractivity contribution is 9.10. The number of fused-ring (bicyclic) bond motifs is 1. The Balaban J connectivity index is 2.16. The van der Waals surface area contributed by atoms with E-state index >= 15 is 0 Å². The molecule has 2 N–H and O–H groups in total. The second-order valence-electron chi connectivity index (χ2n) is 4.44. The number of imidazole rings is 1. The average molecular weight is 353 g/mol. The lowest BCUT2D eigenvalue weighted by Gasteiger charge is -2.05. The van der Waals surface area contributed by atoms with Gasteiger partial charge in [0.15, 0.2) is 5.78 Å². The van der Waals surface area contributed by atoms with Crippen molar-refractivity contribution in [2.24, 2.45) is 0 Å². The van der Waals surface area contributed by atoms with Crippen LogP contribution in [0.3, 0.4) is 0 Å². The van der Waals surface area contributed by atoms with Crippen LogP contribution in [-0.2, 0) is 0 Å². The van der Waals surface area contributed by atoms with Crippen LogP contribution < -0.4 is 5.69 Å². The van der Waals surface area contributed by atoms with Gasteiger partial charge in [-0.05, 0) is 40.2 Å². The van der Waals surface area contributed by atoms with Gasteiger partial charge in [-0.1, -0.05) is 0 Å². The van der Waals surface area contributed by atoms with E-state index in [0.29, 0.717) is 21.6 Å². The SMILES string of the molecule is O=C(c1cc(F)cc(F)c1)c1cc2[nH]c(=O)[nH]c2cc1Br. The summed E-state index contributed by atoms with van der Waals surface area (Å²) >= 11 is 3.22. The molecule has 0 bridgehead atoms. The minimum Gasteiger partial charge on any atom is -0.306 e. The Morgan fingerprint density at radius 2 is 1.52 bits per heavy atom. The first-order valence-corrected chi connectivity index (χ1v) is 6.65. The summed E-state index contributed by atoms with van der Waals surface area (Å²) in [5.41, 5.74) is 0.642. The molecule has 1 aromatic heterocycles. The van der Waals surface area contributed by atoms with Gasteiger partial charge in [-0.3, -0.25) is 4.79 Å². The van der Waals surface area contributed by atoms with Crippen LogP contribution >= 0.6 is 15.9 Å². The van der Waals surface area contributed by atoms with Gasteiger partial charge < -0.3 is 9.97 Å². The maximum atomic E-state index is 13.2. The number of benzene rings is 2. The highest BCUT2D eigenvalue weighted by atomic mass is 79.9. The molecule has 0 saturated heterocycles. The number of carbonyl (C=O) groups is 1. The Morgan fingerprint density at radius 1 is 0.952 bits per heavy atom. The molecule has 106 valence electrons. The van der Waals surface area contributed by atoms with E-state index in [0.717, 1.165) is 12.1 Å². The molecule has 0 atom stereocenters. The normalized spacial score (nSPS) is 11.0. The molecule has 0 radical (unpaired) electrons. The molecule has 0 fully saturated rings. The molecule has 2 aromatic carbocycles. The summed E-state index contributed by atoms with van der Waals surface area (Å²) in [5.74, 6) is -2.21. The number of hydrogen-bond donors (Lipinski definition) is 2. The van der Waals surface area contributed by atoms with Gasteiger partial charge in [0.2, 0.25) is 0 Å². The van der Waals surface area contributed by atoms with Crippen molar-refractivity contribution in [3.05, 3.63) is 68.1 Å². The third kappa shape index (κ3) is 2.52. The molecule has 3 aromatic rings. The molecule has 0 aliphatic carbocycles. The fourth-order valence-electron chi connectivity index (χ4n) is 2.07. The van der Waals surface area contributed by atoms with E-state index in [9.17, 15) is 18.4 Å². The first-order chi connectivity index (χ1) is 9.94. The van der Waals surface area contributed by atoms with E-state index in [1.54, 1.807) is 6.07 Å². The highest BCUT2D eigenvalue weighted by Gasteiger charge is 2.16. The van der Waals surface area contributed by atoms with Gasteiger partial charge >= 0.3 is 5.69 Å². The lowest BCUT2D eigenvalue weighted by molar-refractivity contribution is 0.103. The van der Waals surface area contributed by atoms with E-state index in [1.807, 2.05) is 0 Å². The van der Waals surface area contributed by atoms with Gasteiger partial charge in [0.05, 0.1) is 11.0 Å². The van der Waals surface area contributed by atoms with Crippen molar-refractivity contribution in [3.8, 4) is 0 Å². The zero-order valence-electron chi connectivity index (χ0n) is 10.3. The highest BCUT2D eigenvalue weighted by Crippen LogP contribution is 2.25. The zero-order chi connectivity index (χ0) is 15.1. The average Bonchev–Trinajstić information content (AvgIpc) is 2.75. The lowest BCUT2D eigenvalue weighted by Crippen LogP contribution is -2.04. The molecule has 0 saturated carbocycles. The second-order valence-corrected chi connectivity index (χ2v) is 5.30. The van der Waals surface area contributed by atoms with Crippen molar-refractivity contribution in [1.29, 1.82) is 0 Å². The Hall–Kier alpha value is -2.28. The molecule has 0 unspecified atom stereocenters. The molecule has 1 heterocycles. The van der Waals surface area contributed by atoms with Crippen LogP contribution in [0.4, 0.5) is 8.78 Å². The second kappa shape index (κ2) is 4.92. The van der Waals surface area contributed by atoms with Gasteiger partial charge in [0.25, 0.3) is 0 Å². The molecule has 7 heteroatoms. The van der Waals surface area contributed by atoms with Gasteiger partial charge in [-0.25, -0.2) is 13.6 Å². The molecular weight excluding hydrogens is 346 g/mol. The summed E-state index contributed by atoms with van der Waals surface area (Å²) in [7, 11) is 0. The third-order valence-electron chi connectivity index (χ3n) is 2.97. The number of aromatic amines is 2. The fourth-order valence-corrected chi connectivity index (χ4v) is 2.59. The molecule has 0 spiro atoms. The molecule has 21 heavy (non-hydrogen) atoms. The van der Waals surface area contributed by atoms with Crippen LogP contribution in [0.1, 0.15) is 15.9 Å². The smallest absolute Gasteiger partial charge is 0.306 e. The number of H-pyrrole nitrogens is 2. The van der Waals surface area contributed by atoms with Crippen molar-refractivity contribution in [1.82, 2.24) is 9.97 Å². The van der Waals surface area contributed by atoms with Gasteiger partial charge in [0.1, 0.15) is 11.6 Å². The van der Waals surface area contributed by atoms with Crippen molar-refractivity contribution in [3.63, 3.8) is 0 Å². The monoisotopic (exact) mass is 352 g/mol. The maximum Gasteiger partial charge on any atom is 0.323 e.